The van der Waals surface area contributed by atoms with E-state index in [-0.39, 0.29) is 19.6 Å². The first-order valence-electron chi connectivity index (χ1n) is 6.32. The summed E-state index contributed by atoms with van der Waals surface area (Å²) in [7, 11) is 0. The molecule has 0 bridgehead atoms. The molecule has 1 rings (SSSR count). The number of aryl methyl sites for hydroxylation is 1. The highest BCUT2D eigenvalue weighted by atomic mass is 19.4. The third-order valence-electron chi connectivity index (χ3n) is 2.46. The summed E-state index contributed by atoms with van der Waals surface area (Å²) < 4.78 is 41.4. The maximum atomic E-state index is 12.0. The van der Waals surface area contributed by atoms with E-state index in [0.717, 1.165) is 5.56 Å². The SMILES string of the molecule is Cc1ccc(OCCCC(F)(F)F)c(C#CCCO)c1. The molecule has 0 aromatic heterocycles. The average molecular weight is 286 g/mol. The molecule has 0 radical (unpaired) electrons. The fourth-order valence-corrected chi connectivity index (χ4v) is 1.54. The zero-order valence-electron chi connectivity index (χ0n) is 11.3. The average Bonchev–Trinajstić information content (AvgIpc) is 2.36. The standard InChI is InChI=1S/C15H17F3O2/c1-12-6-7-14(13(11-12)5-2-3-9-19)20-10-4-8-15(16,17)18/h6-7,11,19H,3-4,8-10H2,1H3. The number of ether oxygens (including phenoxy) is 1. The lowest BCUT2D eigenvalue weighted by Gasteiger charge is -2.10. The van der Waals surface area contributed by atoms with Gasteiger partial charge in [-0.15, -0.1) is 0 Å². The molecule has 2 nitrogen and oxygen atoms in total. The van der Waals surface area contributed by atoms with Crippen molar-refractivity contribution < 1.29 is 23.0 Å². The predicted octanol–water partition coefficient (Wildman–Crippen LogP) is 3.45. The highest BCUT2D eigenvalue weighted by Gasteiger charge is 2.26. The quantitative estimate of drug-likeness (QED) is 0.663. The van der Waals surface area contributed by atoms with Gasteiger partial charge in [0.1, 0.15) is 5.75 Å². The lowest BCUT2D eigenvalue weighted by molar-refractivity contribution is -0.136. The smallest absolute Gasteiger partial charge is 0.389 e. The van der Waals surface area contributed by atoms with Gasteiger partial charge in [-0.05, 0) is 31.0 Å². The van der Waals surface area contributed by atoms with Crippen LogP contribution in [0.1, 0.15) is 30.4 Å². The van der Waals surface area contributed by atoms with Crippen LogP contribution >= 0.6 is 0 Å². The van der Waals surface area contributed by atoms with E-state index < -0.39 is 12.6 Å². The van der Waals surface area contributed by atoms with Gasteiger partial charge in [-0.2, -0.15) is 13.2 Å². The second-order valence-corrected chi connectivity index (χ2v) is 4.34. The molecule has 0 spiro atoms. The molecule has 0 atom stereocenters. The number of hydrogen-bond donors (Lipinski definition) is 1. The zero-order valence-corrected chi connectivity index (χ0v) is 11.3. The van der Waals surface area contributed by atoms with E-state index in [4.69, 9.17) is 9.84 Å². The minimum absolute atomic E-state index is 0.00273. The molecule has 0 aliphatic carbocycles. The molecular formula is C15H17F3O2. The number of halogens is 3. The van der Waals surface area contributed by atoms with Crippen molar-refractivity contribution in [3.8, 4) is 17.6 Å². The van der Waals surface area contributed by atoms with E-state index in [9.17, 15) is 13.2 Å². The molecule has 0 unspecified atom stereocenters. The number of aliphatic hydroxyl groups is 1. The van der Waals surface area contributed by atoms with E-state index >= 15 is 0 Å². The first kappa shape index (κ1) is 16.4. The Labute approximate surface area is 116 Å². The summed E-state index contributed by atoms with van der Waals surface area (Å²) in [5.74, 6) is 6.10. The first-order valence-corrected chi connectivity index (χ1v) is 6.32. The number of rotatable bonds is 5. The third kappa shape index (κ3) is 6.48. The molecule has 0 aliphatic heterocycles. The van der Waals surface area contributed by atoms with Crippen LogP contribution in [0, 0.1) is 18.8 Å². The lowest BCUT2D eigenvalue weighted by Crippen LogP contribution is -2.10. The Morgan fingerprint density at radius 3 is 2.70 bits per heavy atom. The van der Waals surface area contributed by atoms with Crippen LogP contribution in [-0.2, 0) is 0 Å². The van der Waals surface area contributed by atoms with Crippen LogP contribution in [0.4, 0.5) is 13.2 Å². The van der Waals surface area contributed by atoms with E-state index in [1.807, 2.05) is 19.1 Å². The number of alkyl halides is 3. The number of aliphatic hydroxyl groups excluding tert-OH is 1. The lowest BCUT2D eigenvalue weighted by atomic mass is 10.1. The minimum atomic E-state index is -4.15. The van der Waals surface area contributed by atoms with Gasteiger partial charge in [-0.1, -0.05) is 17.9 Å². The molecule has 5 heteroatoms. The molecule has 1 aromatic rings. The maximum Gasteiger partial charge on any atom is 0.389 e. The highest BCUT2D eigenvalue weighted by Crippen LogP contribution is 2.23. The van der Waals surface area contributed by atoms with Crippen LogP contribution in [0.3, 0.4) is 0 Å². The molecule has 0 aliphatic rings. The molecule has 110 valence electrons. The Morgan fingerprint density at radius 1 is 1.30 bits per heavy atom. The van der Waals surface area contributed by atoms with Gasteiger partial charge in [0.05, 0.1) is 18.8 Å². The molecule has 20 heavy (non-hydrogen) atoms. The monoisotopic (exact) mass is 286 g/mol. The van der Waals surface area contributed by atoms with Gasteiger partial charge in [-0.25, -0.2) is 0 Å². The summed E-state index contributed by atoms with van der Waals surface area (Å²) in [6.45, 7) is 1.86. The Kier molecular flexibility index (Phi) is 6.40. The predicted molar refractivity (Wildman–Crippen MR) is 70.5 cm³/mol. The molecule has 0 heterocycles. The van der Waals surface area contributed by atoms with Crippen LogP contribution < -0.4 is 4.74 Å². The van der Waals surface area contributed by atoms with E-state index in [0.29, 0.717) is 17.7 Å². The molecular weight excluding hydrogens is 269 g/mol. The normalized spacial score (nSPS) is 10.8. The number of benzene rings is 1. The summed E-state index contributed by atoms with van der Waals surface area (Å²) in [5.41, 5.74) is 1.62. The van der Waals surface area contributed by atoms with Gasteiger partial charge in [0.15, 0.2) is 0 Å². The molecule has 0 fully saturated rings. The molecule has 0 saturated heterocycles. The summed E-state index contributed by atoms with van der Waals surface area (Å²) in [6, 6.07) is 5.33. The van der Waals surface area contributed by atoms with Gasteiger partial charge >= 0.3 is 6.18 Å². The number of hydrogen-bond acceptors (Lipinski definition) is 2. The Balaban J connectivity index is 2.63. The summed E-state index contributed by atoms with van der Waals surface area (Å²) in [5, 5.41) is 8.68. The van der Waals surface area contributed by atoms with Crippen LogP contribution in [0.2, 0.25) is 0 Å². The fourth-order valence-electron chi connectivity index (χ4n) is 1.54. The van der Waals surface area contributed by atoms with Crippen molar-refractivity contribution in [3.63, 3.8) is 0 Å². The second-order valence-electron chi connectivity index (χ2n) is 4.34. The molecule has 0 saturated carbocycles. The molecule has 1 N–H and O–H groups in total. The van der Waals surface area contributed by atoms with Crippen molar-refractivity contribution in [1.29, 1.82) is 0 Å². The second kappa shape index (κ2) is 7.81. The van der Waals surface area contributed by atoms with Crippen LogP contribution in [-0.4, -0.2) is 24.5 Å². The van der Waals surface area contributed by atoms with Crippen molar-refractivity contribution >= 4 is 0 Å². The van der Waals surface area contributed by atoms with Crippen LogP contribution in [0.25, 0.3) is 0 Å². The maximum absolute atomic E-state index is 12.0. The summed E-state index contributed by atoms with van der Waals surface area (Å²) in [6.07, 6.45) is -4.74. The first-order chi connectivity index (χ1) is 9.42. The van der Waals surface area contributed by atoms with Crippen molar-refractivity contribution in [2.45, 2.75) is 32.4 Å². The Bertz CT molecular complexity index is 484. The summed E-state index contributed by atoms with van der Waals surface area (Å²) >= 11 is 0. The van der Waals surface area contributed by atoms with Crippen LogP contribution in [0.5, 0.6) is 5.75 Å². The highest BCUT2D eigenvalue weighted by molar-refractivity contribution is 5.48. The summed E-state index contributed by atoms with van der Waals surface area (Å²) in [4.78, 5) is 0. The van der Waals surface area contributed by atoms with Crippen LogP contribution in [0.15, 0.2) is 18.2 Å². The van der Waals surface area contributed by atoms with E-state index in [1.165, 1.54) is 0 Å². The zero-order chi connectivity index (χ0) is 15.0. The minimum Gasteiger partial charge on any atom is -0.492 e. The molecule has 1 aromatic carbocycles. The fraction of sp³-hybridized carbons (Fsp3) is 0.467. The topological polar surface area (TPSA) is 29.5 Å². The van der Waals surface area contributed by atoms with Gasteiger partial charge in [0, 0.05) is 12.8 Å². The molecule has 0 amide bonds. The van der Waals surface area contributed by atoms with Crippen molar-refractivity contribution in [2.24, 2.45) is 0 Å². The van der Waals surface area contributed by atoms with Gasteiger partial charge in [0.25, 0.3) is 0 Å². The largest absolute Gasteiger partial charge is 0.492 e. The van der Waals surface area contributed by atoms with E-state index in [1.54, 1.807) is 6.07 Å². The third-order valence-corrected chi connectivity index (χ3v) is 2.46. The van der Waals surface area contributed by atoms with Crippen molar-refractivity contribution in [2.75, 3.05) is 13.2 Å². The van der Waals surface area contributed by atoms with Gasteiger partial charge in [0.2, 0.25) is 0 Å². The van der Waals surface area contributed by atoms with Crippen molar-refractivity contribution in [3.05, 3.63) is 29.3 Å². The van der Waals surface area contributed by atoms with Crippen molar-refractivity contribution in [1.82, 2.24) is 0 Å². The van der Waals surface area contributed by atoms with Gasteiger partial charge in [-0.3, -0.25) is 0 Å². The van der Waals surface area contributed by atoms with E-state index in [2.05, 4.69) is 11.8 Å². The van der Waals surface area contributed by atoms with Gasteiger partial charge < -0.3 is 9.84 Å². The Morgan fingerprint density at radius 2 is 2.05 bits per heavy atom. The Hall–Kier alpha value is -1.67.